The Morgan fingerprint density at radius 2 is 2.10 bits per heavy atom. The van der Waals surface area contributed by atoms with Crippen LogP contribution < -0.4 is 5.73 Å². The molecule has 2 N–H and O–H groups in total. The number of rotatable bonds is 5. The van der Waals surface area contributed by atoms with Gasteiger partial charge in [0.2, 0.25) is 0 Å². The van der Waals surface area contributed by atoms with Crippen LogP contribution in [-0.4, -0.2) is 46.1 Å². The van der Waals surface area contributed by atoms with Gasteiger partial charge in [0.1, 0.15) is 0 Å². The highest BCUT2D eigenvalue weighted by Gasteiger charge is 2.20. The van der Waals surface area contributed by atoms with E-state index in [-0.39, 0.29) is 5.78 Å². The highest BCUT2D eigenvalue weighted by atomic mass is 35.5. The lowest BCUT2D eigenvalue weighted by Gasteiger charge is -2.29. The van der Waals surface area contributed by atoms with Crippen molar-refractivity contribution in [3.8, 4) is 0 Å². The molecule has 0 spiro atoms. The van der Waals surface area contributed by atoms with Gasteiger partial charge in [-0.15, -0.1) is 0 Å². The van der Waals surface area contributed by atoms with Crippen LogP contribution in [0.15, 0.2) is 0 Å². The summed E-state index contributed by atoms with van der Waals surface area (Å²) in [5.41, 5.74) is 7.50. The molecule has 1 aliphatic heterocycles. The van der Waals surface area contributed by atoms with Gasteiger partial charge in [0.25, 0.3) is 0 Å². The second-order valence-corrected chi connectivity index (χ2v) is 5.87. The minimum atomic E-state index is 0.192. The second-order valence-electron chi connectivity index (χ2n) is 5.49. The highest BCUT2D eigenvalue weighted by Crippen LogP contribution is 2.21. The van der Waals surface area contributed by atoms with Crippen LogP contribution in [0.5, 0.6) is 0 Å². The molecule has 0 bridgehead atoms. The van der Waals surface area contributed by atoms with Crippen LogP contribution in [0.1, 0.15) is 31.2 Å². The summed E-state index contributed by atoms with van der Waals surface area (Å²) in [4.78, 5) is 14.4. The van der Waals surface area contributed by atoms with E-state index in [0.29, 0.717) is 24.0 Å². The van der Waals surface area contributed by atoms with Crippen molar-refractivity contribution in [2.75, 3.05) is 19.6 Å². The van der Waals surface area contributed by atoms with Gasteiger partial charge in [-0.25, -0.2) is 0 Å². The number of hydrogen-bond acceptors (Lipinski definition) is 4. The molecule has 0 atom stereocenters. The monoisotopic (exact) mass is 298 g/mol. The minimum absolute atomic E-state index is 0.192. The number of likely N-dealkylation sites (tertiary alicyclic amines) is 1. The number of nitrogens with zero attached hydrogens (tertiary/aromatic N) is 3. The molecule has 20 heavy (non-hydrogen) atoms. The Kier molecular flexibility index (Phi) is 5.18. The molecule has 5 nitrogen and oxygen atoms in total. The van der Waals surface area contributed by atoms with Crippen molar-refractivity contribution < 1.29 is 4.79 Å². The number of nitrogens with two attached hydrogens (primary N) is 1. The molecule has 6 heteroatoms. The first-order chi connectivity index (χ1) is 9.51. The van der Waals surface area contributed by atoms with E-state index in [9.17, 15) is 4.79 Å². The smallest absolute Gasteiger partial charge is 0.152 e. The maximum absolute atomic E-state index is 12.2. The zero-order valence-electron chi connectivity index (χ0n) is 12.2. The summed E-state index contributed by atoms with van der Waals surface area (Å²) < 4.78 is 1.82. The third-order valence-electron chi connectivity index (χ3n) is 3.85. The fourth-order valence-electron chi connectivity index (χ4n) is 2.64. The summed E-state index contributed by atoms with van der Waals surface area (Å²) in [6.07, 6.45) is 2.30. The molecule has 0 amide bonds. The first kappa shape index (κ1) is 15.5. The molecule has 1 fully saturated rings. The van der Waals surface area contributed by atoms with Crippen LogP contribution in [0, 0.1) is 6.92 Å². The van der Waals surface area contributed by atoms with E-state index >= 15 is 0 Å². The number of Topliss-reactive ketones (excluding diaryl/α,β-unsaturated/α-hetero) is 1. The predicted molar refractivity (Wildman–Crippen MR) is 80.0 cm³/mol. The van der Waals surface area contributed by atoms with E-state index in [4.69, 9.17) is 17.3 Å². The van der Waals surface area contributed by atoms with E-state index in [1.165, 1.54) is 0 Å². The lowest BCUT2D eigenvalue weighted by Crippen LogP contribution is -2.42. The lowest BCUT2D eigenvalue weighted by molar-refractivity contribution is -0.119. The molecule has 0 saturated carbocycles. The number of halogens is 1. The summed E-state index contributed by atoms with van der Waals surface area (Å²) in [7, 11) is 0. The maximum Gasteiger partial charge on any atom is 0.152 e. The Morgan fingerprint density at radius 3 is 2.70 bits per heavy atom. The number of aryl methyl sites for hydroxylation is 2. The van der Waals surface area contributed by atoms with Crippen LogP contribution in [0.2, 0.25) is 5.02 Å². The number of aromatic nitrogens is 2. The first-order valence-corrected chi connectivity index (χ1v) is 7.60. The molecule has 0 unspecified atom stereocenters. The summed E-state index contributed by atoms with van der Waals surface area (Å²) in [6, 6.07) is 0.292. The van der Waals surface area contributed by atoms with Gasteiger partial charge in [0.05, 0.1) is 29.4 Å². The SMILES string of the molecule is CCn1nc(C)c(Cl)c1CC(=O)CN1CCC(N)CC1. The number of hydrogen-bond donors (Lipinski definition) is 1. The number of ketones is 1. The molecule has 112 valence electrons. The van der Waals surface area contributed by atoms with Gasteiger partial charge in [-0.2, -0.15) is 5.10 Å². The van der Waals surface area contributed by atoms with Crippen molar-refractivity contribution in [3.63, 3.8) is 0 Å². The van der Waals surface area contributed by atoms with Crippen LogP contribution in [-0.2, 0) is 17.8 Å². The van der Waals surface area contributed by atoms with E-state index < -0.39 is 0 Å². The molecule has 0 radical (unpaired) electrons. The number of carbonyl (C=O) groups is 1. The van der Waals surface area contributed by atoms with Crippen molar-refractivity contribution in [1.82, 2.24) is 14.7 Å². The number of piperidine rings is 1. The Bertz CT molecular complexity index is 478. The molecule has 0 aromatic carbocycles. The minimum Gasteiger partial charge on any atom is -0.328 e. The zero-order valence-corrected chi connectivity index (χ0v) is 13.0. The largest absolute Gasteiger partial charge is 0.328 e. The van der Waals surface area contributed by atoms with E-state index in [1.54, 1.807) is 0 Å². The lowest BCUT2D eigenvalue weighted by atomic mass is 10.1. The van der Waals surface area contributed by atoms with Gasteiger partial charge < -0.3 is 5.73 Å². The van der Waals surface area contributed by atoms with Gasteiger partial charge in [-0.05, 0) is 26.7 Å². The van der Waals surface area contributed by atoms with E-state index in [2.05, 4.69) is 10.00 Å². The van der Waals surface area contributed by atoms with Gasteiger partial charge in [0, 0.05) is 25.7 Å². The Morgan fingerprint density at radius 1 is 1.45 bits per heavy atom. The highest BCUT2D eigenvalue weighted by molar-refractivity contribution is 6.32. The molecule has 1 saturated heterocycles. The van der Waals surface area contributed by atoms with Crippen molar-refractivity contribution in [2.24, 2.45) is 5.73 Å². The van der Waals surface area contributed by atoms with Crippen molar-refractivity contribution >= 4 is 17.4 Å². The topological polar surface area (TPSA) is 64.2 Å². The Hall–Kier alpha value is -0.910. The Labute approximate surface area is 125 Å². The summed E-state index contributed by atoms with van der Waals surface area (Å²) in [5.74, 6) is 0.192. The molecule has 1 aliphatic rings. The molecular weight excluding hydrogens is 276 g/mol. The van der Waals surface area contributed by atoms with Crippen LogP contribution in [0.25, 0.3) is 0 Å². The standard InChI is InChI=1S/C14H23ClN4O/c1-3-19-13(14(15)10(2)17-19)8-12(20)9-18-6-4-11(16)5-7-18/h11H,3-9,16H2,1-2H3. The van der Waals surface area contributed by atoms with Crippen molar-refractivity contribution in [1.29, 1.82) is 0 Å². The van der Waals surface area contributed by atoms with Crippen LogP contribution in [0.3, 0.4) is 0 Å². The third-order valence-corrected chi connectivity index (χ3v) is 4.34. The summed E-state index contributed by atoms with van der Waals surface area (Å²) >= 11 is 6.23. The summed E-state index contributed by atoms with van der Waals surface area (Å²) in [6.45, 7) is 6.91. The summed E-state index contributed by atoms with van der Waals surface area (Å²) in [5, 5.41) is 4.97. The fraction of sp³-hybridized carbons (Fsp3) is 0.714. The van der Waals surface area contributed by atoms with Crippen molar-refractivity contribution in [2.45, 2.75) is 45.7 Å². The first-order valence-electron chi connectivity index (χ1n) is 7.22. The molecule has 1 aromatic rings. The quantitative estimate of drug-likeness (QED) is 0.892. The number of carbonyl (C=O) groups excluding carboxylic acids is 1. The van der Waals surface area contributed by atoms with Gasteiger partial charge in [-0.3, -0.25) is 14.4 Å². The van der Waals surface area contributed by atoms with Crippen LogP contribution in [0.4, 0.5) is 0 Å². The Balaban J connectivity index is 1.94. The fourth-order valence-corrected chi connectivity index (χ4v) is 2.84. The van der Waals surface area contributed by atoms with Gasteiger partial charge >= 0.3 is 0 Å². The average Bonchev–Trinajstić information content (AvgIpc) is 2.69. The van der Waals surface area contributed by atoms with Gasteiger partial charge in [-0.1, -0.05) is 11.6 Å². The van der Waals surface area contributed by atoms with E-state index in [1.807, 2.05) is 18.5 Å². The zero-order chi connectivity index (χ0) is 14.7. The normalized spacial score (nSPS) is 17.6. The molecule has 1 aromatic heterocycles. The second kappa shape index (κ2) is 6.70. The molecular formula is C14H23ClN4O. The predicted octanol–water partition coefficient (Wildman–Crippen LogP) is 1.40. The van der Waals surface area contributed by atoms with E-state index in [0.717, 1.165) is 43.9 Å². The van der Waals surface area contributed by atoms with Crippen molar-refractivity contribution in [3.05, 3.63) is 16.4 Å². The average molecular weight is 299 g/mol. The molecule has 0 aliphatic carbocycles. The van der Waals surface area contributed by atoms with Crippen LogP contribution >= 0.6 is 11.6 Å². The molecule has 2 rings (SSSR count). The maximum atomic E-state index is 12.2. The van der Waals surface area contributed by atoms with Gasteiger partial charge in [0.15, 0.2) is 5.78 Å². The molecule has 2 heterocycles. The third kappa shape index (κ3) is 3.59.